The van der Waals surface area contributed by atoms with E-state index in [2.05, 4.69) is 15.3 Å². The van der Waals surface area contributed by atoms with Gasteiger partial charge in [-0.1, -0.05) is 6.07 Å². The van der Waals surface area contributed by atoms with Gasteiger partial charge in [-0.05, 0) is 29.8 Å². The van der Waals surface area contributed by atoms with Crippen LogP contribution < -0.4 is 26.3 Å². The van der Waals surface area contributed by atoms with E-state index in [-0.39, 0.29) is 5.95 Å². The number of methoxy groups -OCH3 is 2. The molecule has 0 fully saturated rings. The maximum absolute atomic E-state index is 5.93. The molecular weight excluding hydrogens is 306 g/mol. The molecule has 0 aliphatic carbocycles. The average molecular weight is 325 g/mol. The Bertz CT molecular complexity index is 882. The molecular formula is C17H19N5O2. The van der Waals surface area contributed by atoms with Crippen LogP contribution in [0.5, 0.6) is 11.5 Å². The predicted molar refractivity (Wildman–Crippen MR) is 95.2 cm³/mol. The van der Waals surface area contributed by atoms with Gasteiger partial charge in [0.05, 0.1) is 25.4 Å². The third kappa shape index (κ3) is 3.10. The first-order chi connectivity index (χ1) is 11.6. The normalized spacial score (nSPS) is 10.6. The van der Waals surface area contributed by atoms with Gasteiger partial charge in [-0.25, -0.2) is 4.98 Å². The van der Waals surface area contributed by atoms with Crippen molar-refractivity contribution >= 4 is 28.4 Å². The minimum atomic E-state index is 0.173. The number of rotatable bonds is 5. The fourth-order valence-corrected chi connectivity index (χ4v) is 2.48. The molecule has 7 nitrogen and oxygen atoms in total. The summed E-state index contributed by atoms with van der Waals surface area (Å²) >= 11 is 0. The van der Waals surface area contributed by atoms with E-state index in [4.69, 9.17) is 20.9 Å². The van der Waals surface area contributed by atoms with Crippen LogP contribution in [0.2, 0.25) is 0 Å². The van der Waals surface area contributed by atoms with E-state index in [1.54, 1.807) is 14.2 Å². The Morgan fingerprint density at radius 1 is 1.00 bits per heavy atom. The lowest BCUT2D eigenvalue weighted by Crippen LogP contribution is -2.04. The van der Waals surface area contributed by atoms with Crippen LogP contribution in [0.1, 0.15) is 5.56 Å². The molecule has 0 spiro atoms. The first-order valence-corrected chi connectivity index (χ1v) is 7.38. The van der Waals surface area contributed by atoms with Gasteiger partial charge in [0, 0.05) is 18.0 Å². The second kappa shape index (κ2) is 6.49. The summed E-state index contributed by atoms with van der Waals surface area (Å²) in [6.07, 6.45) is 0. The second-order valence-electron chi connectivity index (χ2n) is 5.24. The van der Waals surface area contributed by atoms with Crippen LogP contribution in [0, 0.1) is 0 Å². The molecule has 3 rings (SSSR count). The highest BCUT2D eigenvalue weighted by Crippen LogP contribution is 2.29. The minimum absolute atomic E-state index is 0.173. The smallest absolute Gasteiger partial charge is 0.222 e. The molecule has 124 valence electrons. The highest BCUT2D eigenvalue weighted by molar-refractivity contribution is 5.89. The largest absolute Gasteiger partial charge is 0.497 e. The van der Waals surface area contributed by atoms with Crippen LogP contribution >= 0.6 is 0 Å². The summed E-state index contributed by atoms with van der Waals surface area (Å²) in [6, 6.07) is 11.4. The molecule has 0 bridgehead atoms. The molecule has 1 aromatic heterocycles. The SMILES string of the molecule is COc1ccc(OC)c(NCc2ccc3nc(N)nc(N)c3c2)c1. The minimum Gasteiger partial charge on any atom is -0.497 e. The van der Waals surface area contributed by atoms with Crippen molar-refractivity contribution in [2.45, 2.75) is 6.54 Å². The molecule has 0 unspecified atom stereocenters. The number of hydrogen-bond acceptors (Lipinski definition) is 7. The van der Waals surface area contributed by atoms with Gasteiger partial charge >= 0.3 is 0 Å². The molecule has 5 N–H and O–H groups in total. The Kier molecular flexibility index (Phi) is 4.24. The van der Waals surface area contributed by atoms with Crippen molar-refractivity contribution in [1.82, 2.24) is 9.97 Å². The number of nitrogen functional groups attached to an aromatic ring is 2. The van der Waals surface area contributed by atoms with Crippen LogP contribution in [0.25, 0.3) is 10.9 Å². The monoisotopic (exact) mass is 325 g/mol. The van der Waals surface area contributed by atoms with Crippen molar-refractivity contribution in [1.29, 1.82) is 0 Å². The average Bonchev–Trinajstić information content (AvgIpc) is 2.59. The number of nitrogens with one attached hydrogen (secondary N) is 1. The van der Waals surface area contributed by atoms with E-state index < -0.39 is 0 Å². The molecule has 0 aliphatic heterocycles. The van der Waals surface area contributed by atoms with E-state index in [9.17, 15) is 0 Å². The molecule has 0 saturated carbocycles. The van der Waals surface area contributed by atoms with Crippen LogP contribution in [-0.2, 0) is 6.54 Å². The Morgan fingerprint density at radius 3 is 2.58 bits per heavy atom. The number of anilines is 3. The van der Waals surface area contributed by atoms with Crippen LogP contribution in [0.4, 0.5) is 17.5 Å². The second-order valence-corrected chi connectivity index (χ2v) is 5.24. The molecule has 7 heteroatoms. The maximum Gasteiger partial charge on any atom is 0.222 e. The molecule has 24 heavy (non-hydrogen) atoms. The Balaban J connectivity index is 1.86. The van der Waals surface area contributed by atoms with Gasteiger partial charge in [-0.2, -0.15) is 4.98 Å². The molecule has 0 amide bonds. The predicted octanol–water partition coefficient (Wildman–Crippen LogP) is 2.42. The zero-order chi connectivity index (χ0) is 17.1. The van der Waals surface area contributed by atoms with E-state index in [0.29, 0.717) is 12.4 Å². The van der Waals surface area contributed by atoms with Crippen molar-refractivity contribution < 1.29 is 9.47 Å². The maximum atomic E-state index is 5.93. The van der Waals surface area contributed by atoms with Gasteiger partial charge in [-0.15, -0.1) is 0 Å². The molecule has 0 radical (unpaired) electrons. The van der Waals surface area contributed by atoms with Crippen molar-refractivity contribution in [2.24, 2.45) is 0 Å². The quantitative estimate of drug-likeness (QED) is 0.661. The van der Waals surface area contributed by atoms with Gasteiger partial charge in [-0.3, -0.25) is 0 Å². The van der Waals surface area contributed by atoms with Gasteiger partial charge in [0.15, 0.2) is 0 Å². The molecule has 3 aromatic rings. The number of nitrogens with zero attached hydrogens (tertiary/aromatic N) is 2. The van der Waals surface area contributed by atoms with Gasteiger partial charge in [0.1, 0.15) is 17.3 Å². The fraction of sp³-hybridized carbons (Fsp3) is 0.176. The Morgan fingerprint density at radius 2 is 1.83 bits per heavy atom. The summed E-state index contributed by atoms with van der Waals surface area (Å²) in [5, 5.41) is 4.12. The molecule has 0 saturated heterocycles. The topological polar surface area (TPSA) is 108 Å². The Labute approximate surface area is 139 Å². The fourth-order valence-electron chi connectivity index (χ4n) is 2.48. The lowest BCUT2D eigenvalue weighted by molar-refractivity contribution is 0.404. The summed E-state index contributed by atoms with van der Waals surface area (Å²) in [5.74, 6) is 2.04. The van der Waals surface area contributed by atoms with Crippen molar-refractivity contribution in [3.63, 3.8) is 0 Å². The zero-order valence-electron chi connectivity index (χ0n) is 13.5. The molecule has 0 aliphatic rings. The highest BCUT2D eigenvalue weighted by atomic mass is 16.5. The molecule has 2 aromatic carbocycles. The summed E-state index contributed by atoms with van der Waals surface area (Å²) in [5.41, 5.74) is 14.2. The van der Waals surface area contributed by atoms with Crippen LogP contribution in [-0.4, -0.2) is 24.2 Å². The number of hydrogen-bond donors (Lipinski definition) is 3. The number of benzene rings is 2. The number of nitrogens with two attached hydrogens (primary N) is 2. The summed E-state index contributed by atoms with van der Waals surface area (Å²) < 4.78 is 10.6. The summed E-state index contributed by atoms with van der Waals surface area (Å²) in [7, 11) is 3.26. The third-order valence-electron chi connectivity index (χ3n) is 3.70. The molecule has 1 heterocycles. The van der Waals surface area contributed by atoms with Crippen molar-refractivity contribution in [3.05, 3.63) is 42.0 Å². The van der Waals surface area contributed by atoms with Crippen molar-refractivity contribution in [2.75, 3.05) is 31.0 Å². The number of ether oxygens (including phenoxy) is 2. The number of aromatic nitrogens is 2. The van der Waals surface area contributed by atoms with Gasteiger partial charge < -0.3 is 26.3 Å². The first-order valence-electron chi connectivity index (χ1n) is 7.38. The van der Waals surface area contributed by atoms with Crippen LogP contribution in [0.3, 0.4) is 0 Å². The first kappa shape index (κ1) is 15.7. The Hall–Kier alpha value is -3.22. The summed E-state index contributed by atoms with van der Waals surface area (Å²) in [4.78, 5) is 8.17. The van der Waals surface area contributed by atoms with Gasteiger partial charge in [0.2, 0.25) is 5.95 Å². The zero-order valence-corrected chi connectivity index (χ0v) is 13.5. The number of fused-ring (bicyclic) bond motifs is 1. The molecule has 0 atom stereocenters. The van der Waals surface area contributed by atoms with Crippen molar-refractivity contribution in [3.8, 4) is 11.5 Å². The lowest BCUT2D eigenvalue weighted by Gasteiger charge is -2.13. The van der Waals surface area contributed by atoms with Gasteiger partial charge in [0.25, 0.3) is 0 Å². The van der Waals surface area contributed by atoms with E-state index >= 15 is 0 Å². The standard InChI is InChI=1S/C17H19N5O2/c1-23-11-4-6-15(24-2)14(8-11)20-9-10-3-5-13-12(7-10)16(18)22-17(19)21-13/h3-8,20H,9H2,1-2H3,(H4,18,19,21,22). The third-order valence-corrected chi connectivity index (χ3v) is 3.70. The highest BCUT2D eigenvalue weighted by Gasteiger charge is 2.07. The van der Waals surface area contributed by atoms with E-state index in [0.717, 1.165) is 33.7 Å². The van der Waals surface area contributed by atoms with E-state index in [1.165, 1.54) is 0 Å². The summed E-state index contributed by atoms with van der Waals surface area (Å²) in [6.45, 7) is 0.587. The lowest BCUT2D eigenvalue weighted by atomic mass is 10.1. The van der Waals surface area contributed by atoms with E-state index in [1.807, 2.05) is 36.4 Å². The van der Waals surface area contributed by atoms with Crippen LogP contribution in [0.15, 0.2) is 36.4 Å².